The van der Waals surface area contributed by atoms with Crippen LogP contribution in [0.2, 0.25) is 0 Å². The zero-order valence-electron chi connectivity index (χ0n) is 14.8. The lowest BCUT2D eigenvalue weighted by atomic mass is 10.1. The molecule has 0 atom stereocenters. The second kappa shape index (κ2) is 6.57. The van der Waals surface area contributed by atoms with Gasteiger partial charge in [0.05, 0.1) is 12.0 Å². The van der Waals surface area contributed by atoms with Gasteiger partial charge in [-0.05, 0) is 38.0 Å². The van der Waals surface area contributed by atoms with Crippen LogP contribution in [0.3, 0.4) is 0 Å². The van der Waals surface area contributed by atoms with E-state index in [1.54, 1.807) is 0 Å². The first-order chi connectivity index (χ1) is 11.3. The van der Waals surface area contributed by atoms with E-state index in [2.05, 4.69) is 35.0 Å². The Morgan fingerprint density at radius 2 is 1.96 bits per heavy atom. The van der Waals surface area contributed by atoms with E-state index >= 15 is 0 Å². The fourth-order valence-corrected chi connectivity index (χ4v) is 3.42. The van der Waals surface area contributed by atoms with E-state index in [-0.39, 0.29) is 5.91 Å². The topological polar surface area (TPSA) is 59.6 Å². The summed E-state index contributed by atoms with van der Waals surface area (Å²) in [6.07, 6.45) is 2.39. The van der Waals surface area contributed by atoms with Crippen molar-refractivity contribution in [3.05, 3.63) is 35.5 Å². The molecular formula is C19H27N3O2. The van der Waals surface area contributed by atoms with Crippen molar-refractivity contribution < 1.29 is 9.90 Å². The molecule has 1 aromatic carbocycles. The van der Waals surface area contributed by atoms with Gasteiger partial charge < -0.3 is 15.0 Å². The average Bonchev–Trinajstić information content (AvgIpc) is 2.88. The molecule has 0 spiro atoms. The summed E-state index contributed by atoms with van der Waals surface area (Å²) in [5, 5.41) is 11.0. The maximum atomic E-state index is 12.6. The van der Waals surface area contributed by atoms with Crippen LogP contribution in [0, 0.1) is 6.92 Å². The fraction of sp³-hybridized carbons (Fsp3) is 0.526. The molecule has 3 rings (SSSR count). The third-order valence-corrected chi connectivity index (χ3v) is 4.60. The number of benzene rings is 1. The summed E-state index contributed by atoms with van der Waals surface area (Å²) < 4.78 is 0. The summed E-state index contributed by atoms with van der Waals surface area (Å²) in [7, 11) is 0. The maximum Gasteiger partial charge on any atom is 0.227 e. The number of fused-ring (bicyclic) bond motifs is 1. The van der Waals surface area contributed by atoms with Gasteiger partial charge in [-0.15, -0.1) is 0 Å². The van der Waals surface area contributed by atoms with E-state index in [1.807, 2.05) is 24.9 Å². The molecule has 0 unspecified atom stereocenters. The van der Waals surface area contributed by atoms with Gasteiger partial charge in [0.2, 0.25) is 5.91 Å². The number of nitrogens with zero attached hydrogens (tertiary/aromatic N) is 2. The van der Waals surface area contributed by atoms with E-state index < -0.39 is 5.60 Å². The predicted molar refractivity (Wildman–Crippen MR) is 96.1 cm³/mol. The highest BCUT2D eigenvalue weighted by Crippen LogP contribution is 2.21. The minimum absolute atomic E-state index is 0.180. The van der Waals surface area contributed by atoms with Gasteiger partial charge in [0, 0.05) is 49.8 Å². The Bertz CT molecular complexity index is 722. The Morgan fingerprint density at radius 3 is 2.62 bits per heavy atom. The summed E-state index contributed by atoms with van der Waals surface area (Å²) in [4.78, 5) is 20.0. The first kappa shape index (κ1) is 17.0. The van der Waals surface area contributed by atoms with Crippen LogP contribution < -0.4 is 0 Å². The molecule has 24 heavy (non-hydrogen) atoms. The Balaban J connectivity index is 1.59. The molecule has 130 valence electrons. The maximum absolute atomic E-state index is 12.6. The minimum Gasteiger partial charge on any atom is -0.389 e. The van der Waals surface area contributed by atoms with Gasteiger partial charge in [-0.2, -0.15) is 0 Å². The second-order valence-corrected chi connectivity index (χ2v) is 7.51. The summed E-state index contributed by atoms with van der Waals surface area (Å²) in [5.41, 5.74) is 2.68. The van der Waals surface area contributed by atoms with Crippen molar-refractivity contribution in [3.8, 4) is 0 Å². The first-order valence-electron chi connectivity index (χ1n) is 8.61. The van der Waals surface area contributed by atoms with Gasteiger partial charge >= 0.3 is 0 Å². The molecule has 0 radical (unpaired) electrons. The van der Waals surface area contributed by atoms with Crippen LogP contribution in [0.5, 0.6) is 0 Å². The third kappa shape index (κ3) is 3.97. The van der Waals surface area contributed by atoms with E-state index in [0.29, 0.717) is 13.0 Å². The van der Waals surface area contributed by atoms with Gasteiger partial charge in [0.1, 0.15) is 0 Å². The van der Waals surface area contributed by atoms with Crippen molar-refractivity contribution >= 4 is 16.8 Å². The number of aromatic amines is 1. The summed E-state index contributed by atoms with van der Waals surface area (Å²) >= 11 is 0. The molecule has 2 aromatic rings. The number of carbonyl (C=O) groups excluding carboxylic acids is 1. The monoisotopic (exact) mass is 329 g/mol. The lowest BCUT2D eigenvalue weighted by molar-refractivity contribution is -0.132. The van der Waals surface area contributed by atoms with Crippen LogP contribution in [-0.2, 0) is 11.2 Å². The molecule has 1 amide bonds. The molecule has 2 heterocycles. The van der Waals surface area contributed by atoms with Gasteiger partial charge in [-0.25, -0.2) is 0 Å². The van der Waals surface area contributed by atoms with Gasteiger partial charge in [-0.1, -0.05) is 12.1 Å². The molecule has 0 aliphatic carbocycles. The van der Waals surface area contributed by atoms with Crippen LogP contribution in [0.1, 0.15) is 25.0 Å². The van der Waals surface area contributed by atoms with Crippen molar-refractivity contribution in [1.82, 2.24) is 14.8 Å². The highest BCUT2D eigenvalue weighted by Gasteiger charge is 2.25. The van der Waals surface area contributed by atoms with Crippen LogP contribution >= 0.6 is 0 Å². The van der Waals surface area contributed by atoms with Crippen LogP contribution in [0.25, 0.3) is 10.9 Å². The average molecular weight is 329 g/mol. The molecule has 5 nitrogen and oxygen atoms in total. The number of aryl methyl sites for hydroxylation is 1. The zero-order valence-corrected chi connectivity index (χ0v) is 14.8. The van der Waals surface area contributed by atoms with E-state index in [1.165, 1.54) is 5.56 Å². The number of nitrogens with one attached hydrogen (secondary N) is 1. The molecule has 1 fully saturated rings. The largest absolute Gasteiger partial charge is 0.389 e. The number of aliphatic hydroxyl groups is 1. The van der Waals surface area contributed by atoms with E-state index in [9.17, 15) is 9.90 Å². The van der Waals surface area contributed by atoms with Crippen molar-refractivity contribution in [1.29, 1.82) is 0 Å². The van der Waals surface area contributed by atoms with Crippen molar-refractivity contribution in [2.45, 2.75) is 32.8 Å². The number of H-pyrrole nitrogens is 1. The predicted octanol–water partition coefficient (Wildman–Crippen LogP) is 1.93. The summed E-state index contributed by atoms with van der Waals surface area (Å²) in [6.45, 7) is 9.47. The SMILES string of the molecule is Cc1ccc2c(CC(=O)N3CCN(CC(C)(C)O)CC3)c[nH]c2c1. The Hall–Kier alpha value is -1.85. The number of hydrogen-bond acceptors (Lipinski definition) is 3. The number of rotatable bonds is 4. The van der Waals surface area contributed by atoms with Gasteiger partial charge in [0.15, 0.2) is 0 Å². The number of β-amino-alcohol motifs (C(OH)–C–C–N with tert-alkyl or cyclic N) is 1. The smallest absolute Gasteiger partial charge is 0.227 e. The number of amides is 1. The summed E-state index contributed by atoms with van der Waals surface area (Å²) in [6, 6.07) is 6.28. The number of hydrogen-bond donors (Lipinski definition) is 2. The second-order valence-electron chi connectivity index (χ2n) is 7.51. The highest BCUT2D eigenvalue weighted by atomic mass is 16.3. The van der Waals surface area contributed by atoms with Crippen LogP contribution in [0.4, 0.5) is 0 Å². The summed E-state index contributed by atoms with van der Waals surface area (Å²) in [5.74, 6) is 0.180. The van der Waals surface area contributed by atoms with Crippen molar-refractivity contribution in [2.24, 2.45) is 0 Å². The zero-order chi connectivity index (χ0) is 17.3. The molecule has 1 aliphatic heterocycles. The quantitative estimate of drug-likeness (QED) is 0.901. The van der Waals surface area contributed by atoms with Crippen molar-refractivity contribution in [2.75, 3.05) is 32.7 Å². The van der Waals surface area contributed by atoms with E-state index in [0.717, 1.165) is 42.6 Å². The minimum atomic E-state index is -0.686. The first-order valence-corrected chi connectivity index (χ1v) is 8.61. The molecule has 1 aliphatic rings. The Labute approximate surface area is 143 Å². The Morgan fingerprint density at radius 1 is 1.25 bits per heavy atom. The molecule has 0 bridgehead atoms. The molecule has 2 N–H and O–H groups in total. The van der Waals surface area contributed by atoms with Crippen LogP contribution in [-0.4, -0.2) is 64.1 Å². The standard InChI is InChI=1S/C19H27N3O2/c1-14-4-5-16-15(12-20-17(16)10-14)11-18(23)22-8-6-21(7-9-22)13-19(2,3)24/h4-5,10,12,20,24H,6-9,11,13H2,1-3H3. The van der Waals surface area contributed by atoms with Gasteiger partial charge in [-0.3, -0.25) is 9.69 Å². The lowest BCUT2D eigenvalue weighted by Crippen LogP contribution is -2.52. The molecule has 0 saturated carbocycles. The molecule has 1 saturated heterocycles. The van der Waals surface area contributed by atoms with E-state index in [4.69, 9.17) is 0 Å². The lowest BCUT2D eigenvalue weighted by Gasteiger charge is -2.37. The highest BCUT2D eigenvalue weighted by molar-refractivity contribution is 5.89. The number of piperazine rings is 1. The number of aromatic nitrogens is 1. The fourth-order valence-electron chi connectivity index (χ4n) is 3.42. The normalized spacial score (nSPS) is 16.8. The number of carbonyl (C=O) groups is 1. The van der Waals surface area contributed by atoms with Gasteiger partial charge in [0.25, 0.3) is 0 Å². The molecule has 5 heteroatoms. The third-order valence-electron chi connectivity index (χ3n) is 4.60. The molecular weight excluding hydrogens is 302 g/mol. The van der Waals surface area contributed by atoms with Crippen molar-refractivity contribution in [3.63, 3.8) is 0 Å². The Kier molecular flexibility index (Phi) is 4.65. The van der Waals surface area contributed by atoms with Crippen LogP contribution in [0.15, 0.2) is 24.4 Å². The molecule has 1 aromatic heterocycles.